The first-order valence-corrected chi connectivity index (χ1v) is 8.67. The van der Waals surface area contributed by atoms with Crippen LogP contribution in [0.15, 0.2) is 0 Å². The van der Waals surface area contributed by atoms with E-state index in [9.17, 15) is 0 Å². The fourth-order valence-corrected chi connectivity index (χ4v) is 3.89. The average Bonchev–Trinajstić information content (AvgIpc) is 2.41. The highest BCUT2D eigenvalue weighted by Crippen LogP contribution is 2.45. The molecule has 0 aromatic rings. The quantitative estimate of drug-likeness (QED) is 0.663. The van der Waals surface area contributed by atoms with Crippen molar-refractivity contribution in [3.8, 4) is 0 Å². The van der Waals surface area contributed by atoms with Gasteiger partial charge in [0.05, 0.1) is 5.60 Å². The van der Waals surface area contributed by atoms with Gasteiger partial charge in [-0.05, 0) is 51.0 Å². The van der Waals surface area contributed by atoms with Crippen LogP contribution in [0.1, 0.15) is 78.1 Å². The Labute approximate surface area is 119 Å². The molecular weight excluding hydrogens is 234 g/mol. The van der Waals surface area contributed by atoms with Crippen molar-refractivity contribution < 1.29 is 4.74 Å². The lowest BCUT2D eigenvalue weighted by Crippen LogP contribution is -2.50. The molecule has 2 fully saturated rings. The molecule has 2 unspecified atom stereocenters. The van der Waals surface area contributed by atoms with Crippen LogP contribution in [0.3, 0.4) is 0 Å². The van der Waals surface area contributed by atoms with Gasteiger partial charge >= 0.3 is 0 Å². The largest absolute Gasteiger partial charge is 0.375 e. The van der Waals surface area contributed by atoms with Crippen LogP contribution in [0.4, 0.5) is 0 Å². The van der Waals surface area contributed by atoms with E-state index in [1.54, 1.807) is 0 Å². The van der Waals surface area contributed by atoms with Crippen molar-refractivity contribution in [1.29, 1.82) is 0 Å². The zero-order valence-electron chi connectivity index (χ0n) is 13.0. The van der Waals surface area contributed by atoms with E-state index in [1.807, 2.05) is 0 Å². The molecule has 2 aliphatic rings. The third kappa shape index (κ3) is 4.19. The fraction of sp³-hybridized carbons (Fsp3) is 1.00. The van der Waals surface area contributed by atoms with Gasteiger partial charge in [-0.1, -0.05) is 39.5 Å². The summed E-state index contributed by atoms with van der Waals surface area (Å²) in [5.74, 6) is 0.857. The molecule has 1 N–H and O–H groups in total. The molecule has 1 aliphatic heterocycles. The molecule has 112 valence electrons. The van der Waals surface area contributed by atoms with E-state index < -0.39 is 0 Å². The monoisotopic (exact) mass is 267 g/mol. The van der Waals surface area contributed by atoms with Gasteiger partial charge in [0.15, 0.2) is 0 Å². The summed E-state index contributed by atoms with van der Waals surface area (Å²) in [5.41, 5.74) is 0.306. The molecule has 19 heavy (non-hydrogen) atoms. The van der Waals surface area contributed by atoms with Gasteiger partial charge < -0.3 is 10.1 Å². The Morgan fingerprint density at radius 3 is 2.68 bits per heavy atom. The van der Waals surface area contributed by atoms with Gasteiger partial charge in [-0.25, -0.2) is 0 Å². The van der Waals surface area contributed by atoms with E-state index in [4.69, 9.17) is 4.74 Å². The van der Waals surface area contributed by atoms with Gasteiger partial charge in [-0.3, -0.25) is 0 Å². The lowest BCUT2D eigenvalue weighted by atomic mass is 9.70. The molecule has 1 saturated carbocycles. The molecule has 1 saturated heterocycles. The van der Waals surface area contributed by atoms with Gasteiger partial charge in [0.2, 0.25) is 0 Å². The van der Waals surface area contributed by atoms with Gasteiger partial charge in [-0.2, -0.15) is 0 Å². The van der Waals surface area contributed by atoms with E-state index in [1.165, 1.54) is 64.2 Å². The second-order valence-electron chi connectivity index (χ2n) is 6.65. The Hall–Kier alpha value is -0.0800. The minimum atomic E-state index is 0.306. The molecule has 1 spiro atoms. The summed E-state index contributed by atoms with van der Waals surface area (Å²) in [6, 6.07) is 0.739. The maximum absolute atomic E-state index is 6.08. The first-order chi connectivity index (χ1) is 9.29. The molecule has 1 heterocycles. The number of rotatable bonds is 8. The van der Waals surface area contributed by atoms with Crippen molar-refractivity contribution in [3.63, 3.8) is 0 Å². The number of nitrogens with one attached hydrogen (secondary N) is 1. The summed E-state index contributed by atoms with van der Waals surface area (Å²) in [7, 11) is 0. The second kappa shape index (κ2) is 7.64. The normalized spacial score (nSPS) is 27.2. The second-order valence-corrected chi connectivity index (χ2v) is 6.65. The molecule has 0 aromatic heterocycles. The molecule has 2 heteroatoms. The van der Waals surface area contributed by atoms with Crippen molar-refractivity contribution in [2.45, 2.75) is 89.7 Å². The van der Waals surface area contributed by atoms with E-state index >= 15 is 0 Å². The molecule has 0 amide bonds. The zero-order chi connectivity index (χ0) is 13.6. The molecule has 2 atom stereocenters. The standard InChI is InChI=1S/C17H33NO/c1-3-5-6-7-9-16(18-4-2)15-10-13-19-17(14-15)11-8-12-17/h15-16,18H,3-14H2,1-2H3. The maximum Gasteiger partial charge on any atom is 0.0685 e. The van der Waals surface area contributed by atoms with Crippen LogP contribution in [-0.2, 0) is 4.74 Å². The van der Waals surface area contributed by atoms with E-state index in [0.717, 1.165) is 25.1 Å². The SMILES string of the molecule is CCCCCCC(NCC)C1CCOC2(CCC2)C1. The van der Waals surface area contributed by atoms with Gasteiger partial charge in [-0.15, -0.1) is 0 Å². The lowest BCUT2D eigenvalue weighted by Gasteiger charge is -2.49. The van der Waals surface area contributed by atoms with Crippen molar-refractivity contribution in [1.82, 2.24) is 5.32 Å². The van der Waals surface area contributed by atoms with Crippen LogP contribution in [-0.4, -0.2) is 24.8 Å². The molecule has 2 nitrogen and oxygen atoms in total. The summed E-state index contributed by atoms with van der Waals surface area (Å²) in [6.45, 7) is 6.66. The minimum absolute atomic E-state index is 0.306. The molecular formula is C17H33NO. The summed E-state index contributed by atoms with van der Waals surface area (Å²) < 4.78 is 6.08. The fourth-order valence-electron chi connectivity index (χ4n) is 3.89. The van der Waals surface area contributed by atoms with E-state index in [0.29, 0.717) is 5.60 Å². The van der Waals surface area contributed by atoms with Gasteiger partial charge in [0, 0.05) is 12.6 Å². The van der Waals surface area contributed by atoms with E-state index in [2.05, 4.69) is 19.2 Å². The highest BCUT2D eigenvalue weighted by Gasteiger charge is 2.43. The summed E-state index contributed by atoms with van der Waals surface area (Å²) in [5, 5.41) is 3.76. The predicted molar refractivity (Wildman–Crippen MR) is 81.5 cm³/mol. The first kappa shape index (κ1) is 15.3. The maximum atomic E-state index is 6.08. The number of hydrogen-bond donors (Lipinski definition) is 1. The molecule has 1 aliphatic carbocycles. The molecule has 0 radical (unpaired) electrons. The Morgan fingerprint density at radius 2 is 2.05 bits per heavy atom. The number of ether oxygens (including phenoxy) is 1. The van der Waals surface area contributed by atoms with Gasteiger partial charge in [0.25, 0.3) is 0 Å². The Balaban J connectivity index is 1.79. The zero-order valence-corrected chi connectivity index (χ0v) is 13.0. The third-order valence-electron chi connectivity index (χ3n) is 5.20. The summed E-state index contributed by atoms with van der Waals surface area (Å²) >= 11 is 0. The number of hydrogen-bond acceptors (Lipinski definition) is 2. The highest BCUT2D eigenvalue weighted by molar-refractivity contribution is 4.96. The molecule has 0 bridgehead atoms. The average molecular weight is 267 g/mol. The Bertz CT molecular complexity index is 250. The van der Waals surface area contributed by atoms with Crippen LogP contribution in [0.2, 0.25) is 0 Å². The number of unbranched alkanes of at least 4 members (excludes halogenated alkanes) is 3. The van der Waals surface area contributed by atoms with Crippen LogP contribution < -0.4 is 5.32 Å². The molecule has 2 rings (SSSR count). The van der Waals surface area contributed by atoms with Crippen LogP contribution in [0.25, 0.3) is 0 Å². The van der Waals surface area contributed by atoms with E-state index in [-0.39, 0.29) is 0 Å². The summed E-state index contributed by atoms with van der Waals surface area (Å²) in [4.78, 5) is 0. The Kier molecular flexibility index (Phi) is 6.15. The topological polar surface area (TPSA) is 21.3 Å². The highest BCUT2D eigenvalue weighted by atomic mass is 16.5. The minimum Gasteiger partial charge on any atom is -0.375 e. The van der Waals surface area contributed by atoms with Crippen molar-refractivity contribution in [2.75, 3.05) is 13.2 Å². The summed E-state index contributed by atoms with van der Waals surface area (Å²) in [6.07, 6.45) is 13.5. The Morgan fingerprint density at radius 1 is 1.21 bits per heavy atom. The van der Waals surface area contributed by atoms with Crippen molar-refractivity contribution in [3.05, 3.63) is 0 Å². The van der Waals surface area contributed by atoms with Crippen LogP contribution >= 0.6 is 0 Å². The van der Waals surface area contributed by atoms with Crippen molar-refractivity contribution in [2.24, 2.45) is 5.92 Å². The lowest BCUT2D eigenvalue weighted by molar-refractivity contribution is -0.147. The molecule has 0 aromatic carbocycles. The van der Waals surface area contributed by atoms with Crippen LogP contribution in [0.5, 0.6) is 0 Å². The van der Waals surface area contributed by atoms with Crippen LogP contribution in [0, 0.1) is 5.92 Å². The third-order valence-corrected chi connectivity index (χ3v) is 5.20. The van der Waals surface area contributed by atoms with Gasteiger partial charge in [0.1, 0.15) is 0 Å². The predicted octanol–water partition coefficient (Wildman–Crippen LogP) is 4.28. The smallest absolute Gasteiger partial charge is 0.0685 e. The van der Waals surface area contributed by atoms with Crippen molar-refractivity contribution >= 4 is 0 Å². The first-order valence-electron chi connectivity index (χ1n) is 8.67.